The van der Waals surface area contributed by atoms with Crippen molar-refractivity contribution in [2.45, 2.75) is 38.8 Å². The van der Waals surface area contributed by atoms with Gasteiger partial charge in [-0.2, -0.15) is 5.10 Å². The van der Waals surface area contributed by atoms with E-state index < -0.39 is 5.60 Å². The summed E-state index contributed by atoms with van der Waals surface area (Å²) in [5, 5.41) is 4.51. The Morgan fingerprint density at radius 3 is 2.73 bits per heavy atom. The third-order valence-corrected chi connectivity index (χ3v) is 4.04. The monoisotopic (exact) mass is 301 g/mol. The number of carbonyl (C=O) groups is 1. The number of piperidine rings is 1. The van der Waals surface area contributed by atoms with E-state index in [4.69, 9.17) is 4.74 Å². The fraction of sp³-hybridized carbons (Fsp3) is 0.529. The number of fused-ring (bicyclic) bond motifs is 1. The zero-order valence-electron chi connectivity index (χ0n) is 13.4. The number of hydrogen-bond acceptors (Lipinski definition) is 4. The molecule has 1 aromatic rings. The number of carbonyl (C=O) groups excluding carboxylic acids is 1. The van der Waals surface area contributed by atoms with Crippen LogP contribution in [-0.2, 0) is 4.74 Å². The Morgan fingerprint density at radius 2 is 2.05 bits per heavy atom. The van der Waals surface area contributed by atoms with Gasteiger partial charge in [0.15, 0.2) is 0 Å². The van der Waals surface area contributed by atoms with Gasteiger partial charge < -0.3 is 15.1 Å². The second-order valence-corrected chi connectivity index (χ2v) is 6.92. The number of amides is 1. The molecule has 5 nitrogen and oxygen atoms in total. The van der Waals surface area contributed by atoms with Crippen LogP contribution >= 0.6 is 0 Å². The molecule has 0 saturated carbocycles. The number of rotatable bonds is 1. The lowest BCUT2D eigenvalue weighted by Gasteiger charge is -2.36. The lowest BCUT2D eigenvalue weighted by Crippen LogP contribution is -2.50. The SMILES string of the molecule is CC(C)(C)OC(=O)N1CC[C@H]2NN=C(c3ccccc3)[C@H]2C1. The van der Waals surface area contributed by atoms with Crippen molar-refractivity contribution < 1.29 is 9.53 Å². The third-order valence-electron chi connectivity index (χ3n) is 4.04. The van der Waals surface area contributed by atoms with Crippen molar-refractivity contribution in [3.8, 4) is 0 Å². The lowest BCUT2D eigenvalue weighted by molar-refractivity contribution is 0.0178. The first-order valence-corrected chi connectivity index (χ1v) is 7.80. The second kappa shape index (κ2) is 5.63. The normalized spacial score (nSPS) is 24.3. The first-order chi connectivity index (χ1) is 10.4. The maximum atomic E-state index is 12.3. The zero-order valence-corrected chi connectivity index (χ0v) is 13.4. The van der Waals surface area contributed by atoms with Gasteiger partial charge in [-0.3, -0.25) is 0 Å². The highest BCUT2D eigenvalue weighted by Crippen LogP contribution is 2.27. The number of benzene rings is 1. The van der Waals surface area contributed by atoms with Gasteiger partial charge in [-0.15, -0.1) is 0 Å². The molecule has 0 unspecified atom stereocenters. The van der Waals surface area contributed by atoms with Crippen LogP contribution in [0.15, 0.2) is 35.4 Å². The summed E-state index contributed by atoms with van der Waals surface area (Å²) in [6.07, 6.45) is 0.661. The Kier molecular flexibility index (Phi) is 3.81. The summed E-state index contributed by atoms with van der Waals surface area (Å²) in [6.45, 7) is 7.05. The van der Waals surface area contributed by atoms with Crippen LogP contribution in [-0.4, -0.2) is 41.4 Å². The summed E-state index contributed by atoms with van der Waals surface area (Å²) >= 11 is 0. The lowest BCUT2D eigenvalue weighted by atomic mass is 9.87. The number of nitrogens with zero attached hydrogens (tertiary/aromatic N) is 2. The van der Waals surface area contributed by atoms with Crippen LogP contribution in [0.5, 0.6) is 0 Å². The van der Waals surface area contributed by atoms with Crippen molar-refractivity contribution in [1.29, 1.82) is 0 Å². The van der Waals surface area contributed by atoms with Gasteiger partial charge in [-0.1, -0.05) is 30.3 Å². The Bertz CT molecular complexity index is 577. The quantitative estimate of drug-likeness (QED) is 0.867. The molecule has 2 aliphatic rings. The van der Waals surface area contributed by atoms with Crippen molar-refractivity contribution in [2.75, 3.05) is 13.1 Å². The minimum Gasteiger partial charge on any atom is -0.444 e. The van der Waals surface area contributed by atoms with E-state index in [-0.39, 0.29) is 12.0 Å². The molecule has 1 fully saturated rings. The van der Waals surface area contributed by atoms with Gasteiger partial charge in [-0.25, -0.2) is 4.79 Å². The maximum Gasteiger partial charge on any atom is 0.410 e. The molecule has 1 aromatic carbocycles. The minimum atomic E-state index is -0.460. The van der Waals surface area contributed by atoms with Gasteiger partial charge in [0.05, 0.1) is 11.8 Å². The summed E-state index contributed by atoms with van der Waals surface area (Å²) < 4.78 is 5.49. The Balaban J connectivity index is 1.72. The van der Waals surface area contributed by atoms with Crippen molar-refractivity contribution in [3.05, 3.63) is 35.9 Å². The average molecular weight is 301 g/mol. The number of hydrogen-bond donors (Lipinski definition) is 1. The van der Waals surface area contributed by atoms with Crippen molar-refractivity contribution >= 4 is 11.8 Å². The third kappa shape index (κ3) is 3.08. The number of nitrogens with one attached hydrogen (secondary N) is 1. The topological polar surface area (TPSA) is 53.9 Å². The van der Waals surface area contributed by atoms with Gasteiger partial charge in [0, 0.05) is 19.0 Å². The smallest absolute Gasteiger partial charge is 0.410 e. The molecule has 1 amide bonds. The summed E-state index contributed by atoms with van der Waals surface area (Å²) in [5.74, 6) is 0.226. The molecular formula is C17H23N3O2. The average Bonchev–Trinajstić information content (AvgIpc) is 2.89. The zero-order chi connectivity index (χ0) is 15.7. The molecule has 1 N–H and O–H groups in total. The molecule has 0 radical (unpaired) electrons. The van der Waals surface area contributed by atoms with Gasteiger partial charge >= 0.3 is 6.09 Å². The molecule has 2 aliphatic heterocycles. The molecular weight excluding hydrogens is 278 g/mol. The van der Waals surface area contributed by atoms with Gasteiger partial charge in [0.2, 0.25) is 0 Å². The molecule has 1 saturated heterocycles. The number of hydrazone groups is 1. The van der Waals surface area contributed by atoms with E-state index in [2.05, 4.69) is 22.7 Å². The molecule has 0 aliphatic carbocycles. The van der Waals surface area contributed by atoms with Crippen LogP contribution in [0.1, 0.15) is 32.8 Å². The fourth-order valence-electron chi connectivity index (χ4n) is 3.00. The van der Waals surface area contributed by atoms with Crippen LogP contribution in [0.4, 0.5) is 4.79 Å². The minimum absolute atomic E-state index is 0.226. The highest BCUT2D eigenvalue weighted by atomic mass is 16.6. The summed E-state index contributed by atoms with van der Waals surface area (Å²) in [6, 6.07) is 10.5. The highest BCUT2D eigenvalue weighted by Gasteiger charge is 2.39. The van der Waals surface area contributed by atoms with E-state index in [1.807, 2.05) is 39.0 Å². The van der Waals surface area contributed by atoms with E-state index in [9.17, 15) is 4.79 Å². The molecule has 2 atom stereocenters. The van der Waals surface area contributed by atoms with E-state index in [1.165, 1.54) is 0 Å². The van der Waals surface area contributed by atoms with Crippen LogP contribution < -0.4 is 5.43 Å². The summed E-state index contributed by atoms with van der Waals surface area (Å²) in [5.41, 5.74) is 4.92. The molecule has 3 rings (SSSR count). The van der Waals surface area contributed by atoms with Gasteiger partial charge in [0.25, 0.3) is 0 Å². The fourth-order valence-corrected chi connectivity index (χ4v) is 3.00. The highest BCUT2D eigenvalue weighted by molar-refractivity contribution is 6.03. The predicted molar refractivity (Wildman–Crippen MR) is 85.8 cm³/mol. The van der Waals surface area contributed by atoms with Crippen molar-refractivity contribution in [2.24, 2.45) is 11.0 Å². The van der Waals surface area contributed by atoms with E-state index in [0.717, 1.165) is 17.7 Å². The molecule has 22 heavy (non-hydrogen) atoms. The van der Waals surface area contributed by atoms with Gasteiger partial charge in [0.1, 0.15) is 5.60 Å². The molecule has 0 bridgehead atoms. The van der Waals surface area contributed by atoms with Crippen LogP contribution in [0, 0.1) is 5.92 Å². The Morgan fingerprint density at radius 1 is 1.32 bits per heavy atom. The van der Waals surface area contributed by atoms with Crippen LogP contribution in [0.2, 0.25) is 0 Å². The molecule has 118 valence electrons. The molecule has 2 heterocycles. The van der Waals surface area contributed by atoms with Crippen LogP contribution in [0.25, 0.3) is 0 Å². The Labute approximate surface area is 131 Å². The van der Waals surface area contributed by atoms with E-state index >= 15 is 0 Å². The first-order valence-electron chi connectivity index (χ1n) is 7.80. The number of likely N-dealkylation sites (tertiary alicyclic amines) is 1. The number of ether oxygens (including phenoxy) is 1. The standard InChI is InChI=1S/C17H23N3O2/c1-17(2,3)22-16(21)20-10-9-14-13(11-20)15(19-18-14)12-7-5-4-6-8-12/h4-8,13-14,18H,9-11H2,1-3H3/t13-,14+/m0/s1. The molecule has 0 aromatic heterocycles. The summed E-state index contributed by atoms with van der Waals surface area (Å²) in [4.78, 5) is 14.1. The molecule has 5 heteroatoms. The van der Waals surface area contributed by atoms with Crippen molar-refractivity contribution in [1.82, 2.24) is 10.3 Å². The van der Waals surface area contributed by atoms with Crippen LogP contribution in [0.3, 0.4) is 0 Å². The summed E-state index contributed by atoms with van der Waals surface area (Å²) in [7, 11) is 0. The first kappa shape index (κ1) is 14.9. The molecule has 0 spiro atoms. The second-order valence-electron chi connectivity index (χ2n) is 6.92. The maximum absolute atomic E-state index is 12.3. The van der Waals surface area contributed by atoms with Crippen molar-refractivity contribution in [3.63, 3.8) is 0 Å². The van der Waals surface area contributed by atoms with E-state index in [0.29, 0.717) is 19.1 Å². The Hall–Kier alpha value is -2.04. The largest absolute Gasteiger partial charge is 0.444 e. The van der Waals surface area contributed by atoms with Gasteiger partial charge in [-0.05, 0) is 32.8 Å². The van der Waals surface area contributed by atoms with E-state index in [1.54, 1.807) is 4.90 Å². The predicted octanol–water partition coefficient (Wildman–Crippen LogP) is 2.62.